The standard InChI is InChI=1S/C16H19ClN2O/c1-5-14-11(4)18-16(19-15(14)17)12-7-6-8-13(9-12)20-10(2)3/h6-10H,5H2,1-4H3. The molecule has 1 aromatic carbocycles. The van der Waals surface area contributed by atoms with Crippen LogP contribution in [0, 0.1) is 6.92 Å². The number of benzene rings is 1. The van der Waals surface area contributed by atoms with Gasteiger partial charge in [-0.2, -0.15) is 0 Å². The zero-order chi connectivity index (χ0) is 14.7. The van der Waals surface area contributed by atoms with Crippen molar-refractivity contribution in [3.8, 4) is 17.1 Å². The maximum atomic E-state index is 6.23. The molecule has 1 heterocycles. The van der Waals surface area contributed by atoms with Crippen LogP contribution < -0.4 is 4.74 Å². The van der Waals surface area contributed by atoms with Crippen LogP contribution in [0.4, 0.5) is 0 Å². The van der Waals surface area contributed by atoms with Crippen molar-refractivity contribution in [3.63, 3.8) is 0 Å². The highest BCUT2D eigenvalue weighted by atomic mass is 35.5. The van der Waals surface area contributed by atoms with Crippen molar-refractivity contribution in [2.45, 2.75) is 40.2 Å². The predicted octanol–water partition coefficient (Wildman–Crippen LogP) is 4.46. The Bertz CT molecular complexity index is 588. The second-order valence-electron chi connectivity index (χ2n) is 4.95. The number of hydrogen-bond donors (Lipinski definition) is 0. The summed E-state index contributed by atoms with van der Waals surface area (Å²) in [7, 11) is 0. The van der Waals surface area contributed by atoms with Gasteiger partial charge in [0.15, 0.2) is 5.82 Å². The van der Waals surface area contributed by atoms with Crippen molar-refractivity contribution >= 4 is 11.6 Å². The van der Waals surface area contributed by atoms with Gasteiger partial charge in [-0.15, -0.1) is 0 Å². The van der Waals surface area contributed by atoms with Crippen LogP contribution in [0.2, 0.25) is 5.15 Å². The molecule has 2 aromatic rings. The molecule has 3 nitrogen and oxygen atoms in total. The Morgan fingerprint density at radius 1 is 1.25 bits per heavy atom. The number of hydrogen-bond acceptors (Lipinski definition) is 3. The summed E-state index contributed by atoms with van der Waals surface area (Å²) in [6.45, 7) is 8.01. The lowest BCUT2D eigenvalue weighted by atomic mass is 10.1. The molecule has 20 heavy (non-hydrogen) atoms. The highest BCUT2D eigenvalue weighted by Gasteiger charge is 2.10. The van der Waals surface area contributed by atoms with Crippen molar-refractivity contribution < 1.29 is 4.74 Å². The molecule has 0 saturated heterocycles. The summed E-state index contributed by atoms with van der Waals surface area (Å²) in [6, 6.07) is 7.77. The Labute approximate surface area is 125 Å². The molecule has 0 radical (unpaired) electrons. The lowest BCUT2D eigenvalue weighted by molar-refractivity contribution is 0.242. The Balaban J connectivity index is 2.41. The normalized spacial score (nSPS) is 10.9. The summed E-state index contributed by atoms with van der Waals surface area (Å²) in [5, 5.41) is 0.533. The van der Waals surface area contributed by atoms with Gasteiger partial charge < -0.3 is 4.74 Å². The Morgan fingerprint density at radius 3 is 2.60 bits per heavy atom. The summed E-state index contributed by atoms with van der Waals surface area (Å²) in [5.41, 5.74) is 2.85. The fourth-order valence-electron chi connectivity index (χ4n) is 2.07. The average molecular weight is 291 g/mol. The van der Waals surface area contributed by atoms with E-state index < -0.39 is 0 Å². The number of nitrogens with zero attached hydrogens (tertiary/aromatic N) is 2. The Kier molecular flexibility index (Phi) is 4.61. The Morgan fingerprint density at radius 2 is 2.00 bits per heavy atom. The highest BCUT2D eigenvalue weighted by Crippen LogP contribution is 2.25. The van der Waals surface area contributed by atoms with E-state index in [0.29, 0.717) is 11.0 Å². The van der Waals surface area contributed by atoms with E-state index in [-0.39, 0.29) is 6.10 Å². The monoisotopic (exact) mass is 290 g/mol. The van der Waals surface area contributed by atoms with Crippen LogP contribution in [-0.2, 0) is 6.42 Å². The molecule has 0 amide bonds. The summed E-state index contributed by atoms with van der Waals surface area (Å²) in [5.74, 6) is 1.45. The summed E-state index contributed by atoms with van der Waals surface area (Å²) >= 11 is 6.23. The predicted molar refractivity (Wildman–Crippen MR) is 82.4 cm³/mol. The van der Waals surface area contributed by atoms with E-state index in [0.717, 1.165) is 29.0 Å². The van der Waals surface area contributed by atoms with E-state index in [4.69, 9.17) is 16.3 Å². The molecule has 0 spiro atoms. The van der Waals surface area contributed by atoms with Gasteiger partial charge in [0.05, 0.1) is 6.10 Å². The van der Waals surface area contributed by atoms with Crippen molar-refractivity contribution in [2.75, 3.05) is 0 Å². The van der Waals surface area contributed by atoms with E-state index in [1.807, 2.05) is 52.0 Å². The van der Waals surface area contributed by atoms with Gasteiger partial charge in [-0.05, 0) is 39.3 Å². The van der Waals surface area contributed by atoms with Gasteiger partial charge >= 0.3 is 0 Å². The zero-order valence-corrected chi connectivity index (χ0v) is 13.0. The molecule has 0 aliphatic carbocycles. The molecule has 0 atom stereocenters. The third kappa shape index (κ3) is 3.28. The first kappa shape index (κ1) is 14.8. The second-order valence-corrected chi connectivity index (χ2v) is 5.31. The van der Waals surface area contributed by atoms with Gasteiger partial charge in [-0.25, -0.2) is 9.97 Å². The minimum atomic E-state index is 0.138. The topological polar surface area (TPSA) is 35.0 Å². The molecule has 2 rings (SSSR count). The maximum absolute atomic E-state index is 6.23. The van der Waals surface area contributed by atoms with Crippen molar-refractivity contribution in [2.24, 2.45) is 0 Å². The van der Waals surface area contributed by atoms with E-state index in [1.165, 1.54) is 0 Å². The van der Waals surface area contributed by atoms with Crippen LogP contribution >= 0.6 is 11.6 Å². The lowest BCUT2D eigenvalue weighted by Gasteiger charge is -2.11. The third-order valence-electron chi connectivity index (χ3n) is 2.98. The van der Waals surface area contributed by atoms with E-state index >= 15 is 0 Å². The molecule has 4 heteroatoms. The zero-order valence-electron chi connectivity index (χ0n) is 12.3. The number of ether oxygens (including phenoxy) is 1. The summed E-state index contributed by atoms with van der Waals surface area (Å²) in [6.07, 6.45) is 0.973. The van der Waals surface area contributed by atoms with Gasteiger partial charge in [-0.3, -0.25) is 0 Å². The van der Waals surface area contributed by atoms with Crippen LogP contribution in [0.3, 0.4) is 0 Å². The summed E-state index contributed by atoms with van der Waals surface area (Å²) < 4.78 is 5.69. The van der Waals surface area contributed by atoms with E-state index in [2.05, 4.69) is 9.97 Å². The van der Waals surface area contributed by atoms with Gasteiger partial charge in [0, 0.05) is 16.8 Å². The molecule has 0 unspecified atom stereocenters. The average Bonchev–Trinajstić information content (AvgIpc) is 2.38. The molecular weight excluding hydrogens is 272 g/mol. The number of aromatic nitrogens is 2. The largest absolute Gasteiger partial charge is 0.491 e. The first-order chi connectivity index (χ1) is 9.51. The molecule has 0 fully saturated rings. The minimum Gasteiger partial charge on any atom is -0.491 e. The van der Waals surface area contributed by atoms with Crippen LogP contribution in [0.1, 0.15) is 32.0 Å². The highest BCUT2D eigenvalue weighted by molar-refractivity contribution is 6.30. The van der Waals surface area contributed by atoms with Crippen LogP contribution in [0.15, 0.2) is 24.3 Å². The van der Waals surface area contributed by atoms with Gasteiger partial charge in [-0.1, -0.05) is 30.7 Å². The molecular formula is C16H19ClN2O. The quantitative estimate of drug-likeness (QED) is 0.780. The third-order valence-corrected chi connectivity index (χ3v) is 3.29. The molecule has 106 valence electrons. The molecule has 0 saturated carbocycles. The number of rotatable bonds is 4. The minimum absolute atomic E-state index is 0.138. The SMILES string of the molecule is CCc1c(C)nc(-c2cccc(OC(C)C)c2)nc1Cl. The molecule has 0 N–H and O–H groups in total. The van der Waals surface area contributed by atoms with Gasteiger partial charge in [0.25, 0.3) is 0 Å². The Hall–Kier alpha value is -1.61. The molecule has 0 aliphatic heterocycles. The van der Waals surface area contributed by atoms with E-state index in [1.54, 1.807) is 0 Å². The van der Waals surface area contributed by atoms with Crippen molar-refractivity contribution in [1.29, 1.82) is 0 Å². The number of halogens is 1. The maximum Gasteiger partial charge on any atom is 0.161 e. The first-order valence-electron chi connectivity index (χ1n) is 6.81. The van der Waals surface area contributed by atoms with Crippen molar-refractivity contribution in [1.82, 2.24) is 9.97 Å². The summed E-state index contributed by atoms with van der Waals surface area (Å²) in [4.78, 5) is 8.94. The number of aryl methyl sites for hydroxylation is 1. The first-order valence-corrected chi connectivity index (χ1v) is 7.19. The fourth-order valence-corrected chi connectivity index (χ4v) is 2.42. The van der Waals surface area contributed by atoms with Crippen LogP contribution in [0.25, 0.3) is 11.4 Å². The van der Waals surface area contributed by atoms with Gasteiger partial charge in [0.2, 0.25) is 0 Å². The smallest absolute Gasteiger partial charge is 0.161 e. The second kappa shape index (κ2) is 6.23. The van der Waals surface area contributed by atoms with Crippen LogP contribution in [-0.4, -0.2) is 16.1 Å². The molecule has 0 aliphatic rings. The van der Waals surface area contributed by atoms with Crippen LogP contribution in [0.5, 0.6) is 5.75 Å². The molecule has 1 aromatic heterocycles. The van der Waals surface area contributed by atoms with E-state index in [9.17, 15) is 0 Å². The molecule has 0 bridgehead atoms. The van der Waals surface area contributed by atoms with Gasteiger partial charge in [0.1, 0.15) is 10.9 Å². The van der Waals surface area contributed by atoms with Crippen molar-refractivity contribution in [3.05, 3.63) is 40.7 Å². The fraction of sp³-hybridized carbons (Fsp3) is 0.375. The lowest BCUT2D eigenvalue weighted by Crippen LogP contribution is -2.05.